The number of carbonyl (C=O) groups excluding carboxylic acids is 8. The van der Waals surface area contributed by atoms with Crippen LogP contribution in [0.15, 0.2) is 48.5 Å². The molecule has 8 amide bonds. The van der Waals surface area contributed by atoms with Crippen LogP contribution in [0.3, 0.4) is 0 Å². The maximum Gasteiger partial charge on any atom is 0.326 e. The molecule has 2 aromatic carbocycles. The molecule has 0 saturated heterocycles. The molecule has 2 aromatic rings. The van der Waals surface area contributed by atoms with Crippen LogP contribution in [0.25, 0.3) is 0 Å². The normalized spacial score (nSPS) is 15.2. The highest BCUT2D eigenvalue weighted by molar-refractivity contribution is 8.76. The fraction of sp³-hybridized carbons (Fsp3) is 0.522. The third kappa shape index (κ3) is 21.8. The topological polar surface area (TPSA) is 428 Å². The van der Waals surface area contributed by atoms with E-state index in [1.165, 1.54) is 48.5 Å². The predicted molar refractivity (Wildman–Crippen MR) is 267 cm³/mol. The van der Waals surface area contributed by atoms with E-state index < -0.39 is 119 Å². The summed E-state index contributed by atoms with van der Waals surface area (Å²) < 4.78 is 0. The standard InChI is InChI=1S/C46H68N10O14S2/c1-5-23(3)37(43(65)51-31(45(67)68)15-17-35(49)59)55-41(63)33(19-25-7-11-27(57)12-8-25)53-39(61)29(47)21-71-72-22-30(48)40(62)54-34(20-26-9-13-28(58)14-10-26)42(64)56-38(24(4)6-2)44(66)52-32(46(69)70)16-18-36(50)60/h7-14,23-24,29-34,37-38,57-58H,5-6,15-22,47-48H2,1-4H3,(H2,49,59)(H2,50,60)(H,51,65)(H,52,66)(H,53,61)(H,54,62)(H,55,63)(H,56,64)(H,67,68)(H,69,70)/t23-,24-,29-,30-,31-,32-,33-,34-,37-,38-/m0/s1. The smallest absolute Gasteiger partial charge is 0.326 e. The molecule has 26 heteroatoms. The van der Waals surface area contributed by atoms with E-state index in [2.05, 4.69) is 31.9 Å². The lowest BCUT2D eigenvalue weighted by Gasteiger charge is -2.28. The van der Waals surface area contributed by atoms with Crippen LogP contribution in [0.4, 0.5) is 0 Å². The van der Waals surface area contributed by atoms with Crippen molar-refractivity contribution in [1.82, 2.24) is 31.9 Å². The van der Waals surface area contributed by atoms with Crippen molar-refractivity contribution in [3.8, 4) is 11.5 Å². The van der Waals surface area contributed by atoms with Crippen molar-refractivity contribution in [1.29, 1.82) is 0 Å². The Bertz CT molecular complexity index is 2040. The third-order valence-corrected chi connectivity index (χ3v) is 13.9. The Labute approximate surface area is 424 Å². The summed E-state index contributed by atoms with van der Waals surface area (Å²) in [7, 11) is 2.14. The van der Waals surface area contributed by atoms with Gasteiger partial charge in [0.15, 0.2) is 0 Å². The molecular weight excluding hydrogens is 981 g/mol. The molecule has 0 spiro atoms. The second kappa shape index (κ2) is 31.0. The van der Waals surface area contributed by atoms with Crippen molar-refractivity contribution in [2.24, 2.45) is 34.8 Å². The number of nitrogens with one attached hydrogen (secondary N) is 6. The highest BCUT2D eigenvalue weighted by Crippen LogP contribution is 2.23. The summed E-state index contributed by atoms with van der Waals surface area (Å²) in [6.07, 6.45) is -0.746. The summed E-state index contributed by atoms with van der Waals surface area (Å²) in [5.41, 5.74) is 23.8. The van der Waals surface area contributed by atoms with Gasteiger partial charge in [-0.1, -0.05) is 86.4 Å². The summed E-state index contributed by atoms with van der Waals surface area (Å²) in [4.78, 5) is 128. The minimum Gasteiger partial charge on any atom is -0.508 e. The molecule has 24 nitrogen and oxygen atoms in total. The van der Waals surface area contributed by atoms with Gasteiger partial charge in [0.05, 0.1) is 12.1 Å². The molecule has 398 valence electrons. The molecule has 10 atom stereocenters. The number of hydrogen-bond acceptors (Lipinski definition) is 16. The predicted octanol–water partition coefficient (Wildman–Crippen LogP) is -1.38. The van der Waals surface area contributed by atoms with Gasteiger partial charge in [-0.2, -0.15) is 0 Å². The second-order valence-electron chi connectivity index (χ2n) is 17.2. The fourth-order valence-electron chi connectivity index (χ4n) is 6.63. The lowest BCUT2D eigenvalue weighted by Crippen LogP contribution is -2.59. The molecule has 18 N–H and O–H groups in total. The Morgan fingerprint density at radius 2 is 0.792 bits per heavy atom. The maximum atomic E-state index is 13.9. The van der Waals surface area contributed by atoms with Crippen molar-refractivity contribution < 1.29 is 68.4 Å². The van der Waals surface area contributed by atoms with Gasteiger partial charge in [0.25, 0.3) is 0 Å². The average Bonchev–Trinajstić information content (AvgIpc) is 3.33. The van der Waals surface area contributed by atoms with Crippen LogP contribution >= 0.6 is 21.6 Å². The summed E-state index contributed by atoms with van der Waals surface area (Å²) in [5, 5.41) is 54.1. The van der Waals surface area contributed by atoms with Gasteiger partial charge in [-0.05, 0) is 60.1 Å². The average molecular weight is 1050 g/mol. The van der Waals surface area contributed by atoms with Crippen molar-refractivity contribution in [2.75, 3.05) is 11.5 Å². The molecule has 0 bridgehead atoms. The van der Waals surface area contributed by atoms with E-state index in [0.29, 0.717) is 24.0 Å². The quantitative estimate of drug-likeness (QED) is 0.0289. The first-order valence-corrected chi connectivity index (χ1v) is 25.5. The molecule has 72 heavy (non-hydrogen) atoms. The maximum absolute atomic E-state index is 13.9. The van der Waals surface area contributed by atoms with Crippen LogP contribution in [0.5, 0.6) is 11.5 Å². The number of carboxylic acid groups (broad SMARTS) is 2. The number of carbonyl (C=O) groups is 10. The zero-order valence-corrected chi connectivity index (χ0v) is 42.1. The Balaban J connectivity index is 2.18. The molecule has 0 radical (unpaired) electrons. The molecule has 0 aromatic heterocycles. The van der Waals surface area contributed by atoms with E-state index in [0.717, 1.165) is 21.6 Å². The van der Waals surface area contributed by atoms with Crippen LogP contribution in [-0.2, 0) is 60.8 Å². The number of hydrogen-bond donors (Lipinski definition) is 14. The number of carboxylic acids is 2. The number of benzene rings is 2. The summed E-state index contributed by atoms with van der Waals surface area (Å²) in [6.45, 7) is 6.79. The van der Waals surface area contributed by atoms with Gasteiger partial charge in [-0.25, -0.2) is 9.59 Å². The Kier molecular flexibility index (Phi) is 26.4. The summed E-state index contributed by atoms with van der Waals surface area (Å²) in [5.74, 6) is -10.6. The highest BCUT2D eigenvalue weighted by Gasteiger charge is 2.35. The van der Waals surface area contributed by atoms with E-state index in [1.54, 1.807) is 27.7 Å². The van der Waals surface area contributed by atoms with Crippen molar-refractivity contribution in [3.63, 3.8) is 0 Å². The van der Waals surface area contributed by atoms with Crippen molar-refractivity contribution in [2.45, 2.75) is 127 Å². The molecule has 0 unspecified atom stereocenters. The number of phenols is 2. The first-order valence-electron chi connectivity index (χ1n) is 23.0. The van der Waals surface area contributed by atoms with E-state index in [-0.39, 0.29) is 61.5 Å². The summed E-state index contributed by atoms with van der Waals surface area (Å²) in [6, 6.07) is 0.910. The zero-order chi connectivity index (χ0) is 54.2. The van der Waals surface area contributed by atoms with Crippen molar-refractivity contribution >= 4 is 80.8 Å². The molecule has 0 aliphatic heterocycles. The van der Waals surface area contributed by atoms with Gasteiger partial charge in [-0.15, -0.1) is 0 Å². The van der Waals surface area contributed by atoms with Gasteiger partial charge >= 0.3 is 11.9 Å². The number of rotatable bonds is 33. The Morgan fingerprint density at radius 3 is 1.07 bits per heavy atom. The number of aliphatic carboxylic acids is 2. The summed E-state index contributed by atoms with van der Waals surface area (Å²) >= 11 is 0. The minimum atomic E-state index is -1.49. The van der Waals surface area contributed by atoms with Crippen molar-refractivity contribution in [3.05, 3.63) is 59.7 Å². The number of amides is 8. The monoisotopic (exact) mass is 1050 g/mol. The molecule has 0 aliphatic rings. The molecular formula is C46H68N10O14S2. The molecule has 0 fully saturated rings. The van der Waals surface area contributed by atoms with E-state index in [1.807, 2.05) is 0 Å². The molecule has 0 aliphatic carbocycles. The SMILES string of the molecule is CC[C@H](C)[C@H](NC(=O)[C@H](Cc1ccc(O)cc1)NC(=O)[C@@H](N)CSSC[C@H](N)C(=O)N[C@@H](Cc1ccc(O)cc1)C(=O)N[C@H](C(=O)N[C@@H](CCC(N)=O)C(=O)O)[C@@H](C)CC)C(=O)N[C@@H](CCC(N)=O)C(=O)O. The van der Waals surface area contributed by atoms with Crippen LogP contribution in [0.2, 0.25) is 0 Å². The molecule has 0 saturated carbocycles. The Morgan fingerprint density at radius 1 is 0.486 bits per heavy atom. The first-order chi connectivity index (χ1) is 33.9. The lowest BCUT2D eigenvalue weighted by molar-refractivity contribution is -0.143. The first kappa shape index (κ1) is 61.5. The minimum absolute atomic E-state index is 0.0586. The zero-order valence-electron chi connectivity index (χ0n) is 40.5. The van der Waals surface area contributed by atoms with Crippen LogP contribution < -0.4 is 54.8 Å². The number of phenolic OH excluding ortho intramolecular Hbond substituents is 2. The lowest BCUT2D eigenvalue weighted by atomic mass is 9.96. The largest absolute Gasteiger partial charge is 0.508 e. The second-order valence-corrected chi connectivity index (χ2v) is 19.8. The van der Waals surface area contributed by atoms with Crippen LogP contribution in [0, 0.1) is 11.8 Å². The van der Waals surface area contributed by atoms with Gasteiger partial charge in [0.2, 0.25) is 47.3 Å². The highest BCUT2D eigenvalue weighted by atomic mass is 33.1. The van der Waals surface area contributed by atoms with Gasteiger partial charge in [0, 0.05) is 37.2 Å². The number of primary amides is 2. The van der Waals surface area contributed by atoms with E-state index in [4.69, 9.17) is 22.9 Å². The van der Waals surface area contributed by atoms with Crippen LogP contribution in [-0.4, -0.2) is 139 Å². The number of aromatic hydroxyl groups is 2. The third-order valence-electron chi connectivity index (χ3n) is 11.4. The van der Waals surface area contributed by atoms with E-state index >= 15 is 0 Å². The fourth-order valence-corrected chi connectivity index (χ4v) is 8.87. The van der Waals surface area contributed by atoms with Gasteiger partial charge < -0.3 is 75.3 Å². The number of nitrogens with two attached hydrogens (primary N) is 4. The van der Waals surface area contributed by atoms with Gasteiger partial charge in [-0.3, -0.25) is 38.4 Å². The van der Waals surface area contributed by atoms with Crippen LogP contribution in [0.1, 0.15) is 77.3 Å². The molecule has 0 heterocycles. The molecule has 2 rings (SSSR count). The Hall–Kier alpha value is -6.64. The van der Waals surface area contributed by atoms with E-state index in [9.17, 15) is 68.4 Å². The van der Waals surface area contributed by atoms with Gasteiger partial charge in [0.1, 0.15) is 47.8 Å².